The van der Waals surface area contributed by atoms with Gasteiger partial charge in [-0.1, -0.05) is 18.2 Å². The lowest BCUT2D eigenvalue weighted by Gasteiger charge is -2.16. The van der Waals surface area contributed by atoms with E-state index in [9.17, 15) is 29.3 Å². The predicted octanol–water partition coefficient (Wildman–Crippen LogP) is 1.19. The van der Waals surface area contributed by atoms with Gasteiger partial charge in [-0.2, -0.15) is 0 Å². The number of rotatable bonds is 6. The molecule has 1 N–H and O–H groups in total. The number of nitro groups is 1. The molecular formula is C20H19N3O7. The van der Waals surface area contributed by atoms with Crippen molar-refractivity contribution in [1.82, 2.24) is 4.90 Å². The summed E-state index contributed by atoms with van der Waals surface area (Å²) in [7, 11) is 0. The number of carbonyl (C=O) groups is 4. The van der Waals surface area contributed by atoms with E-state index in [0.29, 0.717) is 5.56 Å². The number of nitrogens with zero attached hydrogens (tertiary/aromatic N) is 2. The van der Waals surface area contributed by atoms with Gasteiger partial charge in [-0.3, -0.25) is 34.2 Å². The maximum atomic E-state index is 12.5. The fourth-order valence-corrected chi connectivity index (χ4v) is 4.52. The third-order valence-electron chi connectivity index (χ3n) is 5.90. The topological polar surface area (TPSA) is 136 Å². The smallest absolute Gasteiger partial charge is 0.326 e. The highest BCUT2D eigenvalue weighted by Gasteiger charge is 2.59. The Kier molecular flexibility index (Phi) is 4.84. The number of fused-ring (bicyclic) bond motifs is 5. The molecule has 0 spiro atoms. The van der Waals surface area contributed by atoms with Gasteiger partial charge in [0.2, 0.25) is 11.8 Å². The molecule has 1 saturated heterocycles. The van der Waals surface area contributed by atoms with Crippen molar-refractivity contribution in [1.29, 1.82) is 0 Å². The van der Waals surface area contributed by atoms with Gasteiger partial charge in [-0.15, -0.1) is 0 Å². The van der Waals surface area contributed by atoms with Crippen molar-refractivity contribution in [3.05, 3.63) is 46.0 Å². The fraction of sp³-hybridized carbons (Fsp3) is 0.400. The first-order chi connectivity index (χ1) is 14.3. The number of aryl methyl sites for hydroxylation is 1. The second-order valence-electron chi connectivity index (χ2n) is 7.73. The summed E-state index contributed by atoms with van der Waals surface area (Å²) in [5, 5.41) is 13.4. The van der Waals surface area contributed by atoms with Crippen LogP contribution in [-0.4, -0.2) is 46.7 Å². The van der Waals surface area contributed by atoms with E-state index in [1.54, 1.807) is 6.92 Å². The highest BCUT2D eigenvalue weighted by Crippen LogP contribution is 2.52. The van der Waals surface area contributed by atoms with E-state index in [1.807, 2.05) is 12.2 Å². The average molecular weight is 413 g/mol. The van der Waals surface area contributed by atoms with Crippen LogP contribution in [0.25, 0.3) is 0 Å². The van der Waals surface area contributed by atoms with Crippen molar-refractivity contribution in [2.24, 2.45) is 23.7 Å². The van der Waals surface area contributed by atoms with Crippen LogP contribution in [0.4, 0.5) is 11.4 Å². The number of hydrogen-bond acceptors (Lipinski definition) is 7. The Morgan fingerprint density at radius 3 is 2.43 bits per heavy atom. The molecule has 2 bridgehead atoms. The van der Waals surface area contributed by atoms with E-state index in [0.717, 1.165) is 11.3 Å². The monoisotopic (exact) mass is 413 g/mol. The van der Waals surface area contributed by atoms with Crippen LogP contribution >= 0.6 is 0 Å². The summed E-state index contributed by atoms with van der Waals surface area (Å²) in [6, 6.07) is 4.19. The number of allylic oxidation sites excluding steroid dienone is 2. The molecule has 2 fully saturated rings. The third kappa shape index (κ3) is 3.34. The quantitative estimate of drug-likeness (QED) is 0.243. The van der Waals surface area contributed by atoms with Crippen LogP contribution in [0, 0.1) is 40.7 Å². The van der Waals surface area contributed by atoms with Crippen molar-refractivity contribution in [2.75, 3.05) is 18.5 Å². The summed E-state index contributed by atoms with van der Waals surface area (Å²) >= 11 is 0. The summed E-state index contributed by atoms with van der Waals surface area (Å²) in [6.07, 6.45) is 4.71. The molecule has 1 aliphatic heterocycles. The van der Waals surface area contributed by atoms with Crippen LogP contribution in [0.15, 0.2) is 30.4 Å². The minimum absolute atomic E-state index is 0.0433. The Hall–Kier alpha value is -3.56. The average Bonchev–Trinajstić information content (AvgIpc) is 3.38. The number of carbonyl (C=O) groups excluding carboxylic acids is 4. The number of hydrogen-bond donors (Lipinski definition) is 1. The largest absolute Gasteiger partial charge is 0.454 e. The van der Waals surface area contributed by atoms with Crippen molar-refractivity contribution in [3.63, 3.8) is 0 Å². The van der Waals surface area contributed by atoms with Crippen molar-refractivity contribution < 1.29 is 28.8 Å². The number of likely N-dealkylation sites (tertiary alicyclic amines) is 1. The Morgan fingerprint density at radius 2 is 1.83 bits per heavy atom. The minimum atomic E-state index is -0.873. The molecule has 1 heterocycles. The molecule has 10 heteroatoms. The second-order valence-corrected chi connectivity index (χ2v) is 7.73. The van der Waals surface area contributed by atoms with Crippen LogP contribution in [0.2, 0.25) is 0 Å². The number of nitro benzene ring substituents is 1. The molecule has 1 saturated carbocycles. The molecule has 1 aromatic rings. The first-order valence-electron chi connectivity index (χ1n) is 9.50. The van der Waals surface area contributed by atoms with Crippen LogP contribution in [0.1, 0.15) is 12.0 Å². The number of ether oxygens (including phenoxy) is 1. The summed E-state index contributed by atoms with van der Waals surface area (Å²) in [4.78, 5) is 60.5. The molecule has 30 heavy (non-hydrogen) atoms. The zero-order valence-corrected chi connectivity index (χ0v) is 16.1. The molecule has 4 rings (SSSR count). The molecule has 3 aliphatic rings. The fourth-order valence-electron chi connectivity index (χ4n) is 4.52. The van der Waals surface area contributed by atoms with Crippen LogP contribution < -0.4 is 5.32 Å². The van der Waals surface area contributed by atoms with Gasteiger partial charge < -0.3 is 10.1 Å². The van der Waals surface area contributed by atoms with Gasteiger partial charge in [-0.05, 0) is 31.2 Å². The number of imide groups is 1. The van der Waals surface area contributed by atoms with Crippen LogP contribution in [0.5, 0.6) is 0 Å². The van der Waals surface area contributed by atoms with Gasteiger partial charge in [0.15, 0.2) is 6.61 Å². The first kappa shape index (κ1) is 19.7. The van der Waals surface area contributed by atoms with E-state index in [1.165, 1.54) is 18.2 Å². The van der Waals surface area contributed by atoms with E-state index in [-0.39, 0.29) is 35.0 Å². The van der Waals surface area contributed by atoms with E-state index in [4.69, 9.17) is 4.74 Å². The first-order valence-corrected chi connectivity index (χ1v) is 9.50. The Bertz CT molecular complexity index is 972. The molecule has 4 atom stereocenters. The lowest BCUT2D eigenvalue weighted by atomic mass is 9.85. The zero-order valence-electron chi connectivity index (χ0n) is 16.1. The molecule has 156 valence electrons. The molecule has 2 aliphatic carbocycles. The summed E-state index contributed by atoms with van der Waals surface area (Å²) in [6.45, 7) is 0.395. The van der Waals surface area contributed by atoms with Gasteiger partial charge in [0.1, 0.15) is 6.54 Å². The lowest BCUT2D eigenvalue weighted by molar-refractivity contribution is -0.385. The van der Waals surface area contributed by atoms with E-state index >= 15 is 0 Å². The number of benzene rings is 1. The highest BCUT2D eigenvalue weighted by molar-refractivity contribution is 6.08. The number of amides is 3. The van der Waals surface area contributed by atoms with Gasteiger partial charge >= 0.3 is 5.97 Å². The van der Waals surface area contributed by atoms with Gasteiger partial charge in [0.05, 0.1) is 16.8 Å². The van der Waals surface area contributed by atoms with Crippen molar-refractivity contribution in [3.8, 4) is 0 Å². The lowest BCUT2D eigenvalue weighted by Crippen LogP contribution is -2.38. The maximum Gasteiger partial charge on any atom is 0.326 e. The van der Waals surface area contributed by atoms with Crippen LogP contribution in [0.3, 0.4) is 0 Å². The second kappa shape index (κ2) is 7.36. The van der Waals surface area contributed by atoms with E-state index < -0.39 is 41.8 Å². The standard InChI is InChI=1S/C20H19N3O7/c1-10-2-5-13(7-14(10)23(28)29)21-15(24)9-30-16(25)8-22-19(26)17-11-3-4-12(6-11)18(17)20(22)27/h2-5,7,11-12,17-18H,6,8-9H2,1H3,(H,21,24)/t11-,12+,17-,18+. The Labute approximate surface area is 171 Å². The van der Waals surface area contributed by atoms with Crippen molar-refractivity contribution in [2.45, 2.75) is 13.3 Å². The highest BCUT2D eigenvalue weighted by atomic mass is 16.6. The predicted molar refractivity (Wildman–Crippen MR) is 102 cm³/mol. The number of nitrogens with one attached hydrogen (secondary N) is 1. The van der Waals surface area contributed by atoms with Gasteiger partial charge in [0.25, 0.3) is 11.6 Å². The summed E-state index contributed by atoms with van der Waals surface area (Å²) < 4.78 is 4.88. The normalized spacial score (nSPS) is 26.1. The molecule has 3 amide bonds. The Balaban J connectivity index is 1.30. The molecule has 0 radical (unpaired) electrons. The van der Waals surface area contributed by atoms with Gasteiger partial charge in [-0.25, -0.2) is 0 Å². The molecule has 0 aromatic heterocycles. The number of anilines is 1. The molecule has 0 unspecified atom stereocenters. The minimum Gasteiger partial charge on any atom is -0.454 e. The van der Waals surface area contributed by atoms with Crippen molar-refractivity contribution >= 4 is 35.1 Å². The third-order valence-corrected chi connectivity index (χ3v) is 5.90. The molecule has 1 aromatic carbocycles. The van der Waals surface area contributed by atoms with E-state index in [2.05, 4.69) is 5.32 Å². The Morgan fingerprint density at radius 1 is 1.20 bits per heavy atom. The zero-order chi connectivity index (χ0) is 21.6. The van der Waals surface area contributed by atoms with Crippen LogP contribution in [-0.2, 0) is 23.9 Å². The maximum absolute atomic E-state index is 12.5. The van der Waals surface area contributed by atoms with Gasteiger partial charge in [0, 0.05) is 17.3 Å². The number of esters is 1. The summed E-state index contributed by atoms with van der Waals surface area (Å²) in [5.74, 6) is -3.02. The molecule has 10 nitrogen and oxygen atoms in total. The SMILES string of the molecule is Cc1ccc(NC(=O)COC(=O)CN2C(=O)[C@@H]3[C@H](C2=O)[C@@H]2C=C[C@H]3C2)cc1[N+](=O)[O-]. The summed E-state index contributed by atoms with van der Waals surface area (Å²) in [5.41, 5.74) is 0.483. The molecular weight excluding hydrogens is 394 g/mol.